The molecule has 3 rings (SSSR count). The molecule has 0 unspecified atom stereocenters. The average molecular weight is 533 g/mol. The lowest BCUT2D eigenvalue weighted by Crippen LogP contribution is -2.36. The first-order valence-corrected chi connectivity index (χ1v) is 10.4. The van der Waals surface area contributed by atoms with E-state index in [-0.39, 0.29) is 24.0 Å². The Hall–Kier alpha value is -2.62. The van der Waals surface area contributed by atoms with E-state index in [1.807, 2.05) is 23.1 Å². The molecule has 0 aliphatic rings. The molecule has 0 amide bonds. The van der Waals surface area contributed by atoms with Crippen molar-refractivity contribution in [2.75, 3.05) is 25.0 Å². The second-order valence-electron chi connectivity index (χ2n) is 6.95. The van der Waals surface area contributed by atoms with E-state index >= 15 is 0 Å². The maximum atomic E-state index is 4.58. The van der Waals surface area contributed by atoms with Crippen molar-refractivity contribution in [3.05, 3.63) is 77.7 Å². The van der Waals surface area contributed by atoms with Gasteiger partial charge in [0.1, 0.15) is 5.82 Å². The van der Waals surface area contributed by atoms with Crippen LogP contribution in [0.15, 0.2) is 66.0 Å². The van der Waals surface area contributed by atoms with Crippen LogP contribution in [-0.2, 0) is 19.6 Å². The maximum absolute atomic E-state index is 4.58. The molecule has 0 aliphatic carbocycles. The lowest BCUT2D eigenvalue weighted by Gasteiger charge is -2.19. The molecule has 31 heavy (non-hydrogen) atoms. The molecule has 0 fully saturated rings. The fraction of sp³-hybridized carbons (Fsp3) is 0.348. The van der Waals surface area contributed by atoms with Crippen LogP contribution in [0.2, 0.25) is 0 Å². The van der Waals surface area contributed by atoms with Crippen molar-refractivity contribution in [3.8, 4) is 0 Å². The fourth-order valence-electron chi connectivity index (χ4n) is 3.29. The van der Waals surface area contributed by atoms with Gasteiger partial charge in [-0.15, -0.1) is 24.0 Å². The average Bonchev–Trinajstić information content (AvgIpc) is 3.30. The summed E-state index contributed by atoms with van der Waals surface area (Å²) in [5.74, 6) is 1.77. The molecule has 0 atom stereocenters. The summed E-state index contributed by atoms with van der Waals surface area (Å²) in [7, 11) is 1.78. The van der Waals surface area contributed by atoms with Crippen LogP contribution in [0.1, 0.15) is 30.5 Å². The number of rotatable bonds is 9. The van der Waals surface area contributed by atoms with Crippen LogP contribution in [0.5, 0.6) is 0 Å². The smallest absolute Gasteiger partial charge is 0.191 e. The summed E-state index contributed by atoms with van der Waals surface area (Å²) in [4.78, 5) is 11.2. The van der Waals surface area contributed by atoms with Gasteiger partial charge in [-0.2, -0.15) is 5.10 Å². The Kier molecular flexibility index (Phi) is 10.3. The molecule has 2 N–H and O–H groups in total. The minimum atomic E-state index is 0. The largest absolute Gasteiger partial charge is 0.357 e. The van der Waals surface area contributed by atoms with Gasteiger partial charge in [0, 0.05) is 51.8 Å². The number of halogens is 1. The Labute approximate surface area is 202 Å². The van der Waals surface area contributed by atoms with Crippen LogP contribution < -0.4 is 15.5 Å². The molecule has 2 aromatic heterocycles. The summed E-state index contributed by atoms with van der Waals surface area (Å²) in [5.41, 5.74) is 3.58. The lowest BCUT2D eigenvalue weighted by molar-refractivity contribution is 0.677. The van der Waals surface area contributed by atoms with Crippen LogP contribution >= 0.6 is 24.0 Å². The van der Waals surface area contributed by atoms with Crippen molar-refractivity contribution >= 4 is 35.8 Å². The molecule has 0 radical (unpaired) electrons. The summed E-state index contributed by atoms with van der Waals surface area (Å²) in [5, 5.41) is 11.1. The highest BCUT2D eigenvalue weighted by molar-refractivity contribution is 14.0. The summed E-state index contributed by atoms with van der Waals surface area (Å²) < 4.78 is 1.93. The molecule has 0 aliphatic heterocycles. The molecule has 7 nitrogen and oxygen atoms in total. The third-order valence-electron chi connectivity index (χ3n) is 5.04. The molecular formula is C23H32IN7. The van der Waals surface area contributed by atoms with Gasteiger partial charge in [-0.1, -0.05) is 30.3 Å². The Morgan fingerprint density at radius 2 is 1.74 bits per heavy atom. The highest BCUT2D eigenvalue weighted by atomic mass is 127. The molecule has 1 aromatic carbocycles. The lowest BCUT2D eigenvalue weighted by atomic mass is 10.1. The van der Waals surface area contributed by atoms with E-state index in [0.717, 1.165) is 37.0 Å². The standard InChI is InChI=1S/C23H31N7.HI/c1-4-29(5-2)22-12-11-19(15-25-22)16-26-23(24-3)27-17-20-9-6-7-10-21(20)18-30-14-8-13-28-30;/h6-15H,4-5,16-18H2,1-3H3,(H2,24,26,27);1H. The van der Waals surface area contributed by atoms with E-state index < -0.39 is 0 Å². The van der Waals surface area contributed by atoms with Gasteiger partial charge >= 0.3 is 0 Å². The SMILES string of the molecule is CCN(CC)c1ccc(CNC(=NC)NCc2ccccc2Cn2cccn2)cn1.I. The first-order valence-electron chi connectivity index (χ1n) is 10.4. The van der Waals surface area contributed by atoms with Gasteiger partial charge in [-0.25, -0.2) is 4.98 Å². The summed E-state index contributed by atoms with van der Waals surface area (Å²) in [6.45, 7) is 8.31. The molecule has 2 heterocycles. The zero-order chi connectivity index (χ0) is 21.2. The van der Waals surface area contributed by atoms with Crippen LogP contribution in [0.25, 0.3) is 0 Å². The van der Waals surface area contributed by atoms with Gasteiger partial charge in [0.25, 0.3) is 0 Å². The van der Waals surface area contributed by atoms with Crippen molar-refractivity contribution in [2.45, 2.75) is 33.5 Å². The Bertz CT molecular complexity index is 919. The fourth-order valence-corrected chi connectivity index (χ4v) is 3.29. The number of aliphatic imine (C=N–C) groups is 1. The quantitative estimate of drug-likeness (QED) is 0.250. The first-order chi connectivity index (χ1) is 14.7. The van der Waals surface area contributed by atoms with Crippen LogP contribution in [0.4, 0.5) is 5.82 Å². The highest BCUT2D eigenvalue weighted by Crippen LogP contribution is 2.11. The van der Waals surface area contributed by atoms with Crippen molar-refractivity contribution in [3.63, 3.8) is 0 Å². The number of pyridine rings is 1. The van der Waals surface area contributed by atoms with Gasteiger partial charge in [0.05, 0.1) is 6.54 Å². The minimum absolute atomic E-state index is 0. The second-order valence-corrected chi connectivity index (χ2v) is 6.95. The number of hydrogen-bond acceptors (Lipinski definition) is 4. The highest BCUT2D eigenvalue weighted by Gasteiger charge is 2.06. The summed E-state index contributed by atoms with van der Waals surface area (Å²) in [6.07, 6.45) is 5.70. The van der Waals surface area contributed by atoms with E-state index in [4.69, 9.17) is 0 Å². The van der Waals surface area contributed by atoms with Crippen molar-refractivity contribution in [1.29, 1.82) is 0 Å². The minimum Gasteiger partial charge on any atom is -0.357 e. The molecular weight excluding hydrogens is 501 g/mol. The van der Waals surface area contributed by atoms with Crippen LogP contribution in [0, 0.1) is 0 Å². The van der Waals surface area contributed by atoms with E-state index in [2.05, 4.69) is 80.9 Å². The molecule has 0 spiro atoms. The normalized spacial score (nSPS) is 11.0. The van der Waals surface area contributed by atoms with Gasteiger partial charge in [-0.05, 0) is 42.7 Å². The third kappa shape index (κ3) is 7.23. The molecule has 3 aromatic rings. The number of anilines is 1. The first kappa shape index (κ1) is 24.6. The molecule has 0 saturated carbocycles. The van der Waals surface area contributed by atoms with Crippen LogP contribution in [-0.4, -0.2) is 40.9 Å². The number of nitrogens with one attached hydrogen (secondary N) is 2. The van der Waals surface area contributed by atoms with Crippen molar-refractivity contribution in [2.24, 2.45) is 4.99 Å². The number of hydrogen-bond donors (Lipinski definition) is 2. The second kappa shape index (κ2) is 12.9. The molecule has 0 saturated heterocycles. The molecule has 0 bridgehead atoms. The number of benzene rings is 1. The zero-order valence-electron chi connectivity index (χ0n) is 18.5. The Balaban J connectivity index is 0.00000341. The number of aromatic nitrogens is 3. The predicted molar refractivity (Wildman–Crippen MR) is 138 cm³/mol. The predicted octanol–water partition coefficient (Wildman–Crippen LogP) is 3.66. The van der Waals surface area contributed by atoms with E-state index in [1.165, 1.54) is 11.1 Å². The van der Waals surface area contributed by atoms with E-state index in [1.54, 1.807) is 13.2 Å². The van der Waals surface area contributed by atoms with E-state index in [9.17, 15) is 0 Å². The van der Waals surface area contributed by atoms with Gasteiger partial charge in [0.15, 0.2) is 5.96 Å². The topological polar surface area (TPSA) is 70.4 Å². The van der Waals surface area contributed by atoms with E-state index in [0.29, 0.717) is 13.1 Å². The zero-order valence-corrected chi connectivity index (χ0v) is 20.8. The van der Waals surface area contributed by atoms with Crippen LogP contribution in [0.3, 0.4) is 0 Å². The number of nitrogens with zero attached hydrogens (tertiary/aromatic N) is 5. The molecule has 8 heteroatoms. The van der Waals surface area contributed by atoms with Gasteiger partial charge in [0.2, 0.25) is 0 Å². The van der Waals surface area contributed by atoms with Gasteiger partial charge < -0.3 is 15.5 Å². The van der Waals surface area contributed by atoms with Gasteiger partial charge in [-0.3, -0.25) is 9.67 Å². The maximum Gasteiger partial charge on any atom is 0.191 e. The van der Waals surface area contributed by atoms with Crippen molar-refractivity contribution in [1.82, 2.24) is 25.4 Å². The number of guanidine groups is 1. The Morgan fingerprint density at radius 3 is 2.35 bits per heavy atom. The summed E-state index contributed by atoms with van der Waals surface area (Å²) >= 11 is 0. The summed E-state index contributed by atoms with van der Waals surface area (Å²) in [6, 6.07) is 14.5. The molecule has 166 valence electrons. The van der Waals surface area contributed by atoms with Crippen molar-refractivity contribution < 1.29 is 0 Å². The monoisotopic (exact) mass is 533 g/mol. The Morgan fingerprint density at radius 1 is 1.00 bits per heavy atom. The third-order valence-corrected chi connectivity index (χ3v) is 5.04.